The molecular weight excluding hydrogens is 446 g/mol. The number of aliphatic hydroxyl groups excluding tert-OH is 1. The first-order valence-corrected chi connectivity index (χ1v) is 11.8. The fourth-order valence-corrected chi connectivity index (χ4v) is 4.59. The first kappa shape index (κ1) is 24.4. The lowest BCUT2D eigenvalue weighted by Crippen LogP contribution is -2.36. The number of rotatable bonds is 11. The van der Waals surface area contributed by atoms with Crippen LogP contribution in [0.25, 0.3) is 21.3 Å². The highest BCUT2D eigenvalue weighted by molar-refractivity contribution is 7.17. The van der Waals surface area contributed by atoms with E-state index in [1.807, 2.05) is 23.6 Å². The maximum atomic E-state index is 13.0. The second-order valence-corrected chi connectivity index (χ2v) is 9.44. The van der Waals surface area contributed by atoms with Gasteiger partial charge in [-0.25, -0.2) is 4.98 Å². The van der Waals surface area contributed by atoms with E-state index < -0.39 is 6.10 Å². The summed E-state index contributed by atoms with van der Waals surface area (Å²) in [7, 11) is 0. The van der Waals surface area contributed by atoms with E-state index in [-0.39, 0.29) is 18.8 Å². The summed E-state index contributed by atoms with van der Waals surface area (Å²) in [5.74, 6) is 3.48. The van der Waals surface area contributed by atoms with Gasteiger partial charge in [-0.2, -0.15) is 0 Å². The van der Waals surface area contributed by atoms with Crippen molar-refractivity contribution in [1.29, 1.82) is 0 Å². The SMILES string of the molecule is C#CCOC[C@H](O)CN(CCC(C)C)Cc1nc2scc(-c3cccc(Cl)c3)c2c(=O)[nH]1. The molecule has 3 rings (SSSR count). The van der Waals surface area contributed by atoms with Crippen molar-refractivity contribution >= 4 is 33.2 Å². The highest BCUT2D eigenvalue weighted by Gasteiger charge is 2.17. The van der Waals surface area contributed by atoms with Crippen LogP contribution in [0.4, 0.5) is 0 Å². The predicted molar refractivity (Wildman–Crippen MR) is 131 cm³/mol. The lowest BCUT2D eigenvalue weighted by Gasteiger charge is -2.25. The van der Waals surface area contributed by atoms with Gasteiger partial charge in [0.25, 0.3) is 5.56 Å². The molecule has 170 valence electrons. The summed E-state index contributed by atoms with van der Waals surface area (Å²) < 4.78 is 5.26. The molecule has 0 fully saturated rings. The molecule has 1 atom stereocenters. The Morgan fingerprint density at radius 2 is 2.22 bits per heavy atom. The van der Waals surface area contributed by atoms with Crippen molar-refractivity contribution in [2.45, 2.75) is 32.9 Å². The molecule has 0 amide bonds. The van der Waals surface area contributed by atoms with Crippen LogP contribution in [0.1, 0.15) is 26.1 Å². The Bertz CT molecular complexity index is 1140. The van der Waals surface area contributed by atoms with Gasteiger partial charge in [-0.3, -0.25) is 9.69 Å². The van der Waals surface area contributed by atoms with Crippen LogP contribution < -0.4 is 5.56 Å². The minimum absolute atomic E-state index is 0.166. The Labute approximate surface area is 197 Å². The van der Waals surface area contributed by atoms with Gasteiger partial charge in [0.15, 0.2) is 0 Å². The molecule has 0 saturated heterocycles. The number of hydrogen-bond acceptors (Lipinski definition) is 6. The molecule has 3 aromatic rings. The predicted octanol–water partition coefficient (Wildman–Crippen LogP) is 4.16. The summed E-state index contributed by atoms with van der Waals surface area (Å²) in [6.07, 6.45) is 5.47. The zero-order chi connectivity index (χ0) is 23.1. The summed E-state index contributed by atoms with van der Waals surface area (Å²) >= 11 is 7.56. The number of nitrogens with one attached hydrogen (secondary N) is 1. The topological polar surface area (TPSA) is 78.5 Å². The number of thiophene rings is 1. The second-order valence-electron chi connectivity index (χ2n) is 8.14. The average Bonchev–Trinajstić information content (AvgIpc) is 3.17. The molecule has 8 heteroatoms. The van der Waals surface area contributed by atoms with Gasteiger partial charge in [-0.05, 0) is 36.6 Å². The zero-order valence-corrected chi connectivity index (χ0v) is 19.9. The van der Waals surface area contributed by atoms with Gasteiger partial charge in [-0.15, -0.1) is 17.8 Å². The van der Waals surface area contributed by atoms with E-state index in [4.69, 9.17) is 27.7 Å². The van der Waals surface area contributed by atoms with Gasteiger partial charge >= 0.3 is 0 Å². The molecule has 32 heavy (non-hydrogen) atoms. The Hall–Kier alpha value is -2.21. The summed E-state index contributed by atoms with van der Waals surface area (Å²) in [5.41, 5.74) is 1.53. The molecule has 0 aliphatic heterocycles. The van der Waals surface area contributed by atoms with E-state index >= 15 is 0 Å². The van der Waals surface area contributed by atoms with Crippen molar-refractivity contribution in [3.63, 3.8) is 0 Å². The van der Waals surface area contributed by atoms with E-state index in [1.54, 1.807) is 6.07 Å². The van der Waals surface area contributed by atoms with Crippen molar-refractivity contribution in [2.75, 3.05) is 26.3 Å². The molecule has 0 aliphatic rings. The first-order chi connectivity index (χ1) is 15.4. The third-order valence-corrected chi connectivity index (χ3v) is 6.10. The Morgan fingerprint density at radius 1 is 1.41 bits per heavy atom. The van der Waals surface area contributed by atoms with Crippen molar-refractivity contribution in [3.8, 4) is 23.5 Å². The Morgan fingerprint density at radius 3 is 2.94 bits per heavy atom. The number of ether oxygens (including phenoxy) is 1. The number of terminal acetylenes is 1. The van der Waals surface area contributed by atoms with Crippen molar-refractivity contribution in [2.24, 2.45) is 5.92 Å². The number of fused-ring (bicyclic) bond motifs is 1. The second kappa shape index (κ2) is 11.6. The quantitative estimate of drug-likeness (QED) is 0.323. The van der Waals surface area contributed by atoms with Crippen LogP contribution in [-0.2, 0) is 11.3 Å². The molecule has 1 aromatic carbocycles. The molecule has 0 radical (unpaired) electrons. The molecule has 0 saturated carbocycles. The first-order valence-electron chi connectivity index (χ1n) is 10.5. The van der Waals surface area contributed by atoms with Crippen LogP contribution in [-0.4, -0.2) is 52.4 Å². The minimum Gasteiger partial charge on any atom is -0.389 e. The number of nitrogens with zero attached hydrogens (tertiary/aromatic N) is 2. The molecule has 2 heterocycles. The monoisotopic (exact) mass is 473 g/mol. The van der Waals surface area contributed by atoms with Crippen LogP contribution >= 0.6 is 22.9 Å². The number of aromatic amines is 1. The van der Waals surface area contributed by atoms with E-state index in [0.717, 1.165) is 24.1 Å². The van der Waals surface area contributed by atoms with Crippen LogP contribution in [0.5, 0.6) is 0 Å². The third-order valence-electron chi connectivity index (χ3n) is 4.99. The van der Waals surface area contributed by atoms with Crippen LogP contribution in [0.3, 0.4) is 0 Å². The smallest absolute Gasteiger partial charge is 0.260 e. The minimum atomic E-state index is -0.679. The largest absolute Gasteiger partial charge is 0.389 e. The normalized spacial score (nSPS) is 12.5. The number of benzene rings is 1. The highest BCUT2D eigenvalue weighted by atomic mass is 35.5. The van der Waals surface area contributed by atoms with E-state index in [1.165, 1.54) is 11.3 Å². The molecule has 2 aromatic heterocycles. The van der Waals surface area contributed by atoms with E-state index in [0.29, 0.717) is 40.1 Å². The number of hydrogen-bond donors (Lipinski definition) is 2. The van der Waals surface area contributed by atoms with E-state index in [2.05, 4.69) is 29.7 Å². The Kier molecular flexibility index (Phi) is 8.85. The molecule has 0 aliphatic carbocycles. The van der Waals surface area contributed by atoms with E-state index in [9.17, 15) is 9.90 Å². The lowest BCUT2D eigenvalue weighted by molar-refractivity contribution is 0.0247. The molecule has 2 N–H and O–H groups in total. The van der Waals surface area contributed by atoms with Crippen molar-refractivity contribution < 1.29 is 9.84 Å². The standard InChI is InChI=1S/C24H28ClN3O3S/c1-4-10-31-14-19(29)12-28(9-8-16(2)3)13-21-26-23(30)22-20(15-32-24(22)27-21)17-6-5-7-18(25)11-17/h1,5-7,11,15-16,19,29H,8-10,12-14H2,2-3H3,(H,26,27,30)/t19-/m1/s1. The maximum absolute atomic E-state index is 13.0. The average molecular weight is 474 g/mol. The fourth-order valence-electron chi connectivity index (χ4n) is 3.43. The summed E-state index contributed by atoms with van der Waals surface area (Å²) in [4.78, 5) is 23.4. The number of aromatic nitrogens is 2. The molecule has 0 bridgehead atoms. The molecule has 0 unspecified atom stereocenters. The summed E-state index contributed by atoms with van der Waals surface area (Å²) in [6, 6.07) is 7.44. The van der Waals surface area contributed by atoms with Gasteiger partial charge in [0.2, 0.25) is 0 Å². The van der Waals surface area contributed by atoms with Gasteiger partial charge in [0, 0.05) is 22.5 Å². The van der Waals surface area contributed by atoms with Gasteiger partial charge < -0.3 is 14.8 Å². The summed E-state index contributed by atoms with van der Waals surface area (Å²) in [5, 5.41) is 13.5. The van der Waals surface area contributed by atoms with Crippen molar-refractivity contribution in [1.82, 2.24) is 14.9 Å². The highest BCUT2D eigenvalue weighted by Crippen LogP contribution is 2.32. The maximum Gasteiger partial charge on any atom is 0.260 e. The number of halogens is 1. The summed E-state index contributed by atoms with van der Waals surface area (Å²) in [6.45, 7) is 6.23. The van der Waals surface area contributed by atoms with Gasteiger partial charge in [-0.1, -0.05) is 43.5 Å². The number of aliphatic hydroxyl groups is 1. The van der Waals surface area contributed by atoms with Crippen LogP contribution in [0.2, 0.25) is 5.02 Å². The zero-order valence-electron chi connectivity index (χ0n) is 18.3. The molecular formula is C24H28ClN3O3S. The van der Waals surface area contributed by atoms with Crippen LogP contribution in [0, 0.1) is 18.3 Å². The molecule has 0 spiro atoms. The Balaban J connectivity index is 1.81. The van der Waals surface area contributed by atoms with Gasteiger partial charge in [0.1, 0.15) is 17.3 Å². The lowest BCUT2D eigenvalue weighted by atomic mass is 10.1. The van der Waals surface area contributed by atoms with Crippen LogP contribution in [0.15, 0.2) is 34.4 Å². The molecule has 6 nitrogen and oxygen atoms in total. The van der Waals surface area contributed by atoms with Crippen molar-refractivity contribution in [3.05, 3.63) is 50.8 Å². The van der Waals surface area contributed by atoms with Gasteiger partial charge in [0.05, 0.1) is 24.6 Å². The fraction of sp³-hybridized carbons (Fsp3) is 0.417. The third kappa shape index (κ3) is 6.64. The number of H-pyrrole nitrogens is 1.